The molecule has 1 unspecified atom stereocenters. The summed E-state index contributed by atoms with van der Waals surface area (Å²) in [5.41, 5.74) is 3.00. The SMILES string of the molecule is CNC(=O)c1cc(C)cn(C(C)c2ccccc2C)c1=O. The topological polar surface area (TPSA) is 51.1 Å². The molecule has 0 fully saturated rings. The Bertz CT molecular complexity index is 732. The van der Waals surface area contributed by atoms with Crippen molar-refractivity contribution in [3.05, 3.63) is 69.1 Å². The molecule has 21 heavy (non-hydrogen) atoms. The molecule has 110 valence electrons. The van der Waals surface area contributed by atoms with Crippen molar-refractivity contribution in [3.63, 3.8) is 0 Å². The predicted octanol–water partition coefficient (Wildman–Crippen LogP) is 2.43. The number of hydrogen-bond donors (Lipinski definition) is 1. The van der Waals surface area contributed by atoms with Crippen molar-refractivity contribution in [2.75, 3.05) is 7.05 Å². The van der Waals surface area contributed by atoms with Crippen molar-refractivity contribution in [1.29, 1.82) is 0 Å². The van der Waals surface area contributed by atoms with E-state index >= 15 is 0 Å². The maximum atomic E-state index is 12.5. The van der Waals surface area contributed by atoms with Gasteiger partial charge in [-0.15, -0.1) is 0 Å². The van der Waals surface area contributed by atoms with Gasteiger partial charge in [0.25, 0.3) is 11.5 Å². The Balaban J connectivity index is 2.59. The third-order valence-corrected chi connectivity index (χ3v) is 3.71. The van der Waals surface area contributed by atoms with E-state index in [-0.39, 0.29) is 23.1 Å². The summed E-state index contributed by atoms with van der Waals surface area (Å²) in [6, 6.07) is 9.46. The van der Waals surface area contributed by atoms with Crippen molar-refractivity contribution in [1.82, 2.24) is 9.88 Å². The standard InChI is InChI=1S/C17H20N2O2/c1-11-9-15(16(20)18-4)17(21)19(10-11)13(3)14-8-6-5-7-12(14)2/h5-10,13H,1-4H3,(H,18,20). The molecule has 4 nitrogen and oxygen atoms in total. The number of rotatable bonds is 3. The lowest BCUT2D eigenvalue weighted by Crippen LogP contribution is -2.33. The zero-order chi connectivity index (χ0) is 15.6. The molecule has 0 saturated heterocycles. The number of hydrogen-bond acceptors (Lipinski definition) is 2. The Morgan fingerprint density at radius 2 is 1.90 bits per heavy atom. The minimum absolute atomic E-state index is 0.123. The Kier molecular flexibility index (Phi) is 4.26. The van der Waals surface area contributed by atoms with Crippen LogP contribution >= 0.6 is 0 Å². The number of carbonyl (C=O) groups is 1. The van der Waals surface area contributed by atoms with Gasteiger partial charge >= 0.3 is 0 Å². The fourth-order valence-electron chi connectivity index (χ4n) is 2.53. The average Bonchev–Trinajstić information content (AvgIpc) is 2.48. The second kappa shape index (κ2) is 5.95. The highest BCUT2D eigenvalue weighted by atomic mass is 16.2. The lowest BCUT2D eigenvalue weighted by Gasteiger charge is -2.19. The van der Waals surface area contributed by atoms with Gasteiger partial charge in [-0.25, -0.2) is 0 Å². The highest BCUT2D eigenvalue weighted by Gasteiger charge is 2.17. The molecule has 2 rings (SSSR count). The number of nitrogens with zero attached hydrogens (tertiary/aromatic N) is 1. The summed E-state index contributed by atoms with van der Waals surface area (Å²) in [6.07, 6.45) is 1.80. The number of nitrogens with one attached hydrogen (secondary N) is 1. The Hall–Kier alpha value is -2.36. The van der Waals surface area contributed by atoms with Gasteiger partial charge in [-0.05, 0) is 43.5 Å². The molecule has 0 radical (unpaired) electrons. The molecule has 1 N–H and O–H groups in total. The van der Waals surface area contributed by atoms with Crippen molar-refractivity contribution >= 4 is 5.91 Å². The zero-order valence-corrected chi connectivity index (χ0v) is 12.8. The van der Waals surface area contributed by atoms with Crippen LogP contribution in [0.15, 0.2) is 41.3 Å². The van der Waals surface area contributed by atoms with Crippen LogP contribution in [0, 0.1) is 13.8 Å². The van der Waals surface area contributed by atoms with Crippen molar-refractivity contribution in [2.24, 2.45) is 0 Å². The molecule has 0 saturated carbocycles. The summed E-state index contributed by atoms with van der Waals surface area (Å²) < 4.78 is 1.63. The van der Waals surface area contributed by atoms with Gasteiger partial charge in [0.1, 0.15) is 5.56 Å². The van der Waals surface area contributed by atoms with Crippen LogP contribution in [-0.4, -0.2) is 17.5 Å². The van der Waals surface area contributed by atoms with Gasteiger partial charge in [-0.1, -0.05) is 24.3 Å². The highest BCUT2D eigenvalue weighted by Crippen LogP contribution is 2.20. The molecule has 1 atom stereocenters. The summed E-state index contributed by atoms with van der Waals surface area (Å²) in [4.78, 5) is 24.4. The monoisotopic (exact) mass is 284 g/mol. The van der Waals surface area contributed by atoms with E-state index in [4.69, 9.17) is 0 Å². The molecule has 1 aromatic heterocycles. The van der Waals surface area contributed by atoms with E-state index < -0.39 is 0 Å². The first-order valence-corrected chi connectivity index (χ1v) is 6.96. The fourth-order valence-corrected chi connectivity index (χ4v) is 2.53. The van der Waals surface area contributed by atoms with E-state index in [1.54, 1.807) is 16.8 Å². The summed E-state index contributed by atoms with van der Waals surface area (Å²) in [5.74, 6) is -0.352. The van der Waals surface area contributed by atoms with Crippen LogP contribution in [0.5, 0.6) is 0 Å². The van der Waals surface area contributed by atoms with E-state index in [0.29, 0.717) is 0 Å². The highest BCUT2D eigenvalue weighted by molar-refractivity contribution is 5.93. The van der Waals surface area contributed by atoms with Gasteiger partial charge in [0.2, 0.25) is 0 Å². The third kappa shape index (κ3) is 2.89. The molecule has 0 aliphatic heterocycles. The molecular formula is C17H20N2O2. The third-order valence-electron chi connectivity index (χ3n) is 3.71. The van der Waals surface area contributed by atoms with Crippen LogP contribution in [0.3, 0.4) is 0 Å². The molecule has 2 aromatic rings. The lowest BCUT2D eigenvalue weighted by atomic mass is 10.0. The Labute approximate surface area is 124 Å². The number of carbonyl (C=O) groups excluding carboxylic acids is 1. The minimum Gasteiger partial charge on any atom is -0.355 e. The first-order chi connectivity index (χ1) is 9.95. The average molecular weight is 284 g/mol. The zero-order valence-electron chi connectivity index (χ0n) is 12.8. The molecule has 1 amide bonds. The summed E-state index contributed by atoms with van der Waals surface area (Å²) in [7, 11) is 1.53. The van der Waals surface area contributed by atoms with E-state index in [2.05, 4.69) is 5.32 Å². The van der Waals surface area contributed by atoms with Gasteiger partial charge in [0, 0.05) is 13.2 Å². The van der Waals surface area contributed by atoms with E-state index in [1.165, 1.54) is 7.05 Å². The van der Waals surface area contributed by atoms with Crippen LogP contribution in [0.2, 0.25) is 0 Å². The first-order valence-electron chi connectivity index (χ1n) is 6.96. The predicted molar refractivity (Wildman–Crippen MR) is 83.8 cm³/mol. The van der Waals surface area contributed by atoms with Gasteiger partial charge in [0.15, 0.2) is 0 Å². The molecule has 1 aromatic carbocycles. The maximum absolute atomic E-state index is 12.5. The molecule has 1 heterocycles. The van der Waals surface area contributed by atoms with Crippen LogP contribution < -0.4 is 10.9 Å². The fraction of sp³-hybridized carbons (Fsp3) is 0.294. The van der Waals surface area contributed by atoms with E-state index in [0.717, 1.165) is 16.7 Å². The Morgan fingerprint density at radius 3 is 2.52 bits per heavy atom. The normalized spacial score (nSPS) is 12.0. The molecule has 0 aliphatic carbocycles. The van der Waals surface area contributed by atoms with Gasteiger partial charge in [0.05, 0.1) is 6.04 Å². The van der Waals surface area contributed by atoms with Crippen molar-refractivity contribution < 1.29 is 4.79 Å². The number of benzene rings is 1. The van der Waals surface area contributed by atoms with Gasteiger partial charge in [-0.3, -0.25) is 9.59 Å². The molecule has 0 spiro atoms. The number of pyridine rings is 1. The molecule has 0 aliphatic rings. The summed E-state index contributed by atoms with van der Waals surface area (Å²) >= 11 is 0. The van der Waals surface area contributed by atoms with Crippen LogP contribution in [0.25, 0.3) is 0 Å². The first kappa shape index (κ1) is 15.0. The van der Waals surface area contributed by atoms with E-state index in [1.807, 2.05) is 45.0 Å². The molecular weight excluding hydrogens is 264 g/mol. The van der Waals surface area contributed by atoms with Crippen LogP contribution in [-0.2, 0) is 0 Å². The second-order valence-corrected chi connectivity index (χ2v) is 5.26. The maximum Gasteiger partial charge on any atom is 0.263 e. The van der Waals surface area contributed by atoms with Gasteiger partial charge < -0.3 is 9.88 Å². The number of aromatic nitrogens is 1. The summed E-state index contributed by atoms with van der Waals surface area (Å²) in [6.45, 7) is 5.87. The molecule has 4 heteroatoms. The number of amides is 1. The van der Waals surface area contributed by atoms with Crippen molar-refractivity contribution in [2.45, 2.75) is 26.8 Å². The quantitative estimate of drug-likeness (QED) is 0.941. The smallest absolute Gasteiger partial charge is 0.263 e. The van der Waals surface area contributed by atoms with Gasteiger partial charge in [-0.2, -0.15) is 0 Å². The van der Waals surface area contributed by atoms with Crippen molar-refractivity contribution in [3.8, 4) is 0 Å². The largest absolute Gasteiger partial charge is 0.355 e. The number of aryl methyl sites for hydroxylation is 2. The van der Waals surface area contributed by atoms with Crippen LogP contribution in [0.1, 0.15) is 40.0 Å². The molecule has 0 bridgehead atoms. The van der Waals surface area contributed by atoms with E-state index in [9.17, 15) is 9.59 Å². The lowest BCUT2D eigenvalue weighted by molar-refractivity contribution is 0.0961. The Morgan fingerprint density at radius 1 is 1.24 bits per heavy atom. The minimum atomic E-state index is -0.352. The second-order valence-electron chi connectivity index (χ2n) is 5.26. The van der Waals surface area contributed by atoms with Crippen LogP contribution in [0.4, 0.5) is 0 Å². The summed E-state index contributed by atoms with van der Waals surface area (Å²) in [5, 5.41) is 2.51.